The van der Waals surface area contributed by atoms with E-state index in [2.05, 4.69) is 5.32 Å². The molecule has 5 heteroatoms. The number of nitrogens with one attached hydrogen (secondary N) is 1. The number of benzene rings is 1. The fourth-order valence-electron chi connectivity index (χ4n) is 1.90. The van der Waals surface area contributed by atoms with Crippen LogP contribution in [0.3, 0.4) is 0 Å². The molecule has 102 valence electrons. The van der Waals surface area contributed by atoms with Gasteiger partial charge in [-0.2, -0.15) is 0 Å². The van der Waals surface area contributed by atoms with Gasteiger partial charge in [0.25, 0.3) is 5.91 Å². The Hall–Kier alpha value is -1.85. The molecule has 0 spiro atoms. The highest BCUT2D eigenvalue weighted by Gasteiger charge is 2.16. The molecular formula is C14H17NO4. The molecule has 1 aromatic carbocycles. The second-order valence-electron chi connectivity index (χ2n) is 4.29. The van der Waals surface area contributed by atoms with E-state index in [0.717, 1.165) is 5.39 Å². The van der Waals surface area contributed by atoms with E-state index in [1.54, 1.807) is 13.2 Å². The molecule has 2 aromatic rings. The summed E-state index contributed by atoms with van der Waals surface area (Å²) in [4.78, 5) is 12.0. The lowest BCUT2D eigenvalue weighted by atomic mass is 10.2. The number of fused-ring (bicyclic) bond motifs is 1. The largest absolute Gasteiger partial charge is 0.451 e. The van der Waals surface area contributed by atoms with Gasteiger partial charge < -0.3 is 19.6 Å². The molecule has 1 atom stereocenters. The molecule has 0 saturated carbocycles. The average molecular weight is 263 g/mol. The van der Waals surface area contributed by atoms with E-state index in [-0.39, 0.29) is 24.3 Å². The van der Waals surface area contributed by atoms with Crippen LogP contribution in [0.25, 0.3) is 11.0 Å². The number of para-hydroxylation sites is 1. The van der Waals surface area contributed by atoms with E-state index in [1.807, 2.05) is 24.3 Å². The second kappa shape index (κ2) is 6.36. The maximum Gasteiger partial charge on any atom is 0.287 e. The lowest BCUT2D eigenvalue weighted by Gasteiger charge is -2.15. The van der Waals surface area contributed by atoms with Crippen LogP contribution in [-0.4, -0.2) is 37.4 Å². The first kappa shape index (κ1) is 13.6. The van der Waals surface area contributed by atoms with Gasteiger partial charge in [-0.3, -0.25) is 4.79 Å². The Morgan fingerprint density at radius 1 is 1.47 bits per heavy atom. The Bertz CT molecular complexity index is 510. The zero-order valence-corrected chi connectivity index (χ0v) is 10.8. The maximum atomic E-state index is 12.0. The van der Waals surface area contributed by atoms with Crippen LogP contribution < -0.4 is 5.32 Å². The molecule has 0 aliphatic heterocycles. The summed E-state index contributed by atoms with van der Waals surface area (Å²) < 4.78 is 10.5. The second-order valence-corrected chi connectivity index (χ2v) is 4.29. The van der Waals surface area contributed by atoms with Gasteiger partial charge in [0, 0.05) is 19.1 Å². The summed E-state index contributed by atoms with van der Waals surface area (Å²) in [5.41, 5.74) is 0.679. The summed E-state index contributed by atoms with van der Waals surface area (Å²) in [5, 5.41) is 12.6. The highest BCUT2D eigenvalue weighted by atomic mass is 16.5. The third-order valence-electron chi connectivity index (χ3n) is 2.83. The standard InChI is InChI=1S/C14H17NO4/c1-18-9-11(6-7-16)15-14(17)13-8-10-4-2-3-5-12(10)19-13/h2-5,8,11,16H,6-7,9H2,1H3,(H,15,17). The van der Waals surface area contributed by atoms with E-state index in [1.165, 1.54) is 0 Å². The van der Waals surface area contributed by atoms with Crippen molar-refractivity contribution in [2.45, 2.75) is 12.5 Å². The van der Waals surface area contributed by atoms with Crippen molar-refractivity contribution < 1.29 is 19.1 Å². The van der Waals surface area contributed by atoms with Gasteiger partial charge in [-0.05, 0) is 18.6 Å². The summed E-state index contributed by atoms with van der Waals surface area (Å²) >= 11 is 0. The minimum atomic E-state index is -0.299. The SMILES string of the molecule is COCC(CCO)NC(=O)c1cc2ccccc2o1. The molecule has 5 nitrogen and oxygen atoms in total. The third kappa shape index (κ3) is 3.33. The first-order valence-electron chi connectivity index (χ1n) is 6.14. The van der Waals surface area contributed by atoms with Crippen molar-refractivity contribution in [3.8, 4) is 0 Å². The molecule has 0 aliphatic rings. The first-order chi connectivity index (χ1) is 9.24. The van der Waals surface area contributed by atoms with E-state index in [9.17, 15) is 4.79 Å². The van der Waals surface area contributed by atoms with Crippen molar-refractivity contribution >= 4 is 16.9 Å². The maximum absolute atomic E-state index is 12.0. The number of hydrogen-bond donors (Lipinski definition) is 2. The number of methoxy groups -OCH3 is 1. The van der Waals surface area contributed by atoms with E-state index in [0.29, 0.717) is 18.6 Å². The first-order valence-corrected chi connectivity index (χ1v) is 6.14. The van der Waals surface area contributed by atoms with Crippen LogP contribution >= 0.6 is 0 Å². The van der Waals surface area contributed by atoms with Crippen LogP contribution in [0.1, 0.15) is 17.0 Å². The van der Waals surface area contributed by atoms with Gasteiger partial charge in [0.05, 0.1) is 12.6 Å². The summed E-state index contributed by atoms with van der Waals surface area (Å²) in [7, 11) is 1.55. The van der Waals surface area contributed by atoms with Gasteiger partial charge in [-0.25, -0.2) is 0 Å². The number of amides is 1. The van der Waals surface area contributed by atoms with Gasteiger partial charge in [-0.15, -0.1) is 0 Å². The van der Waals surface area contributed by atoms with Crippen molar-refractivity contribution in [3.63, 3.8) is 0 Å². The fourth-order valence-corrected chi connectivity index (χ4v) is 1.90. The fraction of sp³-hybridized carbons (Fsp3) is 0.357. The smallest absolute Gasteiger partial charge is 0.287 e. The van der Waals surface area contributed by atoms with Gasteiger partial charge >= 0.3 is 0 Å². The molecule has 0 bridgehead atoms. The third-order valence-corrected chi connectivity index (χ3v) is 2.83. The van der Waals surface area contributed by atoms with Crippen LogP contribution in [-0.2, 0) is 4.74 Å². The lowest BCUT2D eigenvalue weighted by molar-refractivity contribution is 0.0854. The molecule has 1 amide bonds. The molecule has 0 aliphatic carbocycles. The molecule has 0 saturated heterocycles. The summed E-state index contributed by atoms with van der Waals surface area (Å²) in [6.07, 6.45) is 0.444. The van der Waals surface area contributed by atoms with Gasteiger partial charge in [0.15, 0.2) is 5.76 Å². The highest BCUT2D eigenvalue weighted by molar-refractivity contribution is 5.96. The molecule has 1 heterocycles. The number of aliphatic hydroxyl groups excluding tert-OH is 1. The van der Waals surface area contributed by atoms with E-state index in [4.69, 9.17) is 14.3 Å². The van der Waals surface area contributed by atoms with Crippen LogP contribution in [0, 0.1) is 0 Å². The summed E-state index contributed by atoms with van der Waals surface area (Å²) in [5.74, 6) is -0.0352. The molecular weight excluding hydrogens is 246 g/mol. The van der Waals surface area contributed by atoms with Crippen LogP contribution in [0.5, 0.6) is 0 Å². The van der Waals surface area contributed by atoms with Gasteiger partial charge in [-0.1, -0.05) is 18.2 Å². The van der Waals surface area contributed by atoms with E-state index < -0.39 is 0 Å². The molecule has 1 aromatic heterocycles. The lowest BCUT2D eigenvalue weighted by Crippen LogP contribution is -2.38. The number of rotatable bonds is 6. The van der Waals surface area contributed by atoms with Crippen molar-refractivity contribution in [3.05, 3.63) is 36.1 Å². The van der Waals surface area contributed by atoms with Crippen LogP contribution in [0.4, 0.5) is 0 Å². The topological polar surface area (TPSA) is 71.7 Å². The Balaban J connectivity index is 2.09. The van der Waals surface area contributed by atoms with Crippen LogP contribution in [0.15, 0.2) is 34.7 Å². The normalized spacial score (nSPS) is 12.5. The number of hydrogen-bond acceptors (Lipinski definition) is 4. The molecule has 0 fully saturated rings. The van der Waals surface area contributed by atoms with Crippen molar-refractivity contribution in [2.75, 3.05) is 20.3 Å². The predicted octanol–water partition coefficient (Wildman–Crippen LogP) is 1.56. The van der Waals surface area contributed by atoms with Crippen molar-refractivity contribution in [1.29, 1.82) is 0 Å². The number of ether oxygens (including phenoxy) is 1. The Labute approximate surface area is 111 Å². The molecule has 1 unspecified atom stereocenters. The van der Waals surface area contributed by atoms with Crippen molar-refractivity contribution in [1.82, 2.24) is 5.32 Å². The Morgan fingerprint density at radius 2 is 2.26 bits per heavy atom. The number of carbonyl (C=O) groups is 1. The predicted molar refractivity (Wildman–Crippen MR) is 71.0 cm³/mol. The minimum Gasteiger partial charge on any atom is -0.451 e. The monoisotopic (exact) mass is 263 g/mol. The zero-order chi connectivity index (χ0) is 13.7. The summed E-state index contributed by atoms with van der Waals surface area (Å²) in [6.45, 7) is 0.348. The Morgan fingerprint density at radius 3 is 2.95 bits per heavy atom. The molecule has 2 rings (SSSR count). The number of carbonyl (C=O) groups excluding carboxylic acids is 1. The molecule has 2 N–H and O–H groups in total. The highest BCUT2D eigenvalue weighted by Crippen LogP contribution is 2.18. The van der Waals surface area contributed by atoms with Crippen LogP contribution in [0.2, 0.25) is 0 Å². The van der Waals surface area contributed by atoms with E-state index >= 15 is 0 Å². The van der Waals surface area contributed by atoms with Gasteiger partial charge in [0.2, 0.25) is 0 Å². The number of aliphatic hydroxyl groups is 1. The zero-order valence-electron chi connectivity index (χ0n) is 10.8. The molecule has 0 radical (unpaired) electrons. The minimum absolute atomic E-state index is 0.00552. The summed E-state index contributed by atoms with van der Waals surface area (Å²) in [6, 6.07) is 8.91. The Kier molecular flexibility index (Phi) is 4.54. The quantitative estimate of drug-likeness (QED) is 0.829. The van der Waals surface area contributed by atoms with Crippen molar-refractivity contribution in [2.24, 2.45) is 0 Å². The van der Waals surface area contributed by atoms with Gasteiger partial charge in [0.1, 0.15) is 5.58 Å². The average Bonchev–Trinajstić information content (AvgIpc) is 2.83. The molecule has 19 heavy (non-hydrogen) atoms. The number of furan rings is 1.